The Bertz CT molecular complexity index is 195. The summed E-state index contributed by atoms with van der Waals surface area (Å²) in [6.45, 7) is 0. The maximum absolute atomic E-state index is 12.6. The monoisotopic (exact) mass is 174 g/mol. The third-order valence-electron chi connectivity index (χ3n) is 2.31. The topological polar surface area (TPSA) is 20.2 Å². The Balaban J connectivity index is 2.42. The molecule has 0 saturated heterocycles. The first-order valence-electron chi connectivity index (χ1n) is 4.04. The van der Waals surface area contributed by atoms with Gasteiger partial charge in [-0.15, -0.1) is 12.3 Å². The fourth-order valence-corrected chi connectivity index (χ4v) is 1.60. The zero-order chi connectivity index (χ0) is 9.19. The van der Waals surface area contributed by atoms with Gasteiger partial charge in [0.05, 0.1) is 6.10 Å². The first-order valence-corrected chi connectivity index (χ1v) is 4.04. The standard InChI is InChI=1S/C9H12F2O/c1-2-3-8(12)7-4-5-9(10,11)6-7/h1,7-8,12H,3-6H2. The molecule has 0 aromatic carbocycles. The Morgan fingerprint density at radius 3 is 2.75 bits per heavy atom. The Hall–Kier alpha value is -0.620. The van der Waals surface area contributed by atoms with E-state index in [-0.39, 0.29) is 25.2 Å². The maximum atomic E-state index is 12.6. The molecule has 1 nitrogen and oxygen atoms in total. The van der Waals surface area contributed by atoms with Gasteiger partial charge in [-0.2, -0.15) is 0 Å². The van der Waals surface area contributed by atoms with Gasteiger partial charge < -0.3 is 5.11 Å². The van der Waals surface area contributed by atoms with Gasteiger partial charge in [0.25, 0.3) is 0 Å². The lowest BCUT2D eigenvalue weighted by Crippen LogP contribution is -2.19. The van der Waals surface area contributed by atoms with Crippen LogP contribution in [-0.4, -0.2) is 17.1 Å². The number of terminal acetylenes is 1. The number of rotatable bonds is 2. The highest BCUT2D eigenvalue weighted by Crippen LogP contribution is 2.40. The van der Waals surface area contributed by atoms with Gasteiger partial charge in [-0.1, -0.05) is 0 Å². The van der Waals surface area contributed by atoms with E-state index in [4.69, 9.17) is 6.42 Å². The SMILES string of the molecule is C#CCC(O)C1CCC(F)(F)C1. The summed E-state index contributed by atoms with van der Waals surface area (Å²) in [7, 11) is 0. The van der Waals surface area contributed by atoms with E-state index < -0.39 is 12.0 Å². The molecule has 1 saturated carbocycles. The number of hydrogen-bond donors (Lipinski definition) is 1. The van der Waals surface area contributed by atoms with E-state index in [0.29, 0.717) is 6.42 Å². The molecule has 2 atom stereocenters. The van der Waals surface area contributed by atoms with E-state index in [1.54, 1.807) is 0 Å². The zero-order valence-corrected chi connectivity index (χ0v) is 6.76. The van der Waals surface area contributed by atoms with E-state index in [2.05, 4.69) is 5.92 Å². The molecular formula is C9H12F2O. The van der Waals surface area contributed by atoms with Crippen LogP contribution in [0.25, 0.3) is 0 Å². The van der Waals surface area contributed by atoms with E-state index >= 15 is 0 Å². The van der Waals surface area contributed by atoms with Crippen molar-refractivity contribution in [1.29, 1.82) is 0 Å². The van der Waals surface area contributed by atoms with Gasteiger partial charge in [0.1, 0.15) is 0 Å². The highest BCUT2D eigenvalue weighted by Gasteiger charge is 2.41. The van der Waals surface area contributed by atoms with Crippen molar-refractivity contribution in [2.45, 2.75) is 37.7 Å². The van der Waals surface area contributed by atoms with Crippen LogP contribution in [0, 0.1) is 18.3 Å². The van der Waals surface area contributed by atoms with Crippen LogP contribution in [-0.2, 0) is 0 Å². The average Bonchev–Trinajstić information content (AvgIpc) is 2.31. The average molecular weight is 174 g/mol. The van der Waals surface area contributed by atoms with Gasteiger partial charge in [-0.05, 0) is 12.3 Å². The van der Waals surface area contributed by atoms with Gasteiger partial charge in [0.15, 0.2) is 0 Å². The number of alkyl halides is 2. The molecule has 1 fully saturated rings. The molecular weight excluding hydrogens is 162 g/mol. The molecule has 0 radical (unpaired) electrons. The summed E-state index contributed by atoms with van der Waals surface area (Å²) in [5, 5.41) is 9.31. The summed E-state index contributed by atoms with van der Waals surface area (Å²) in [6, 6.07) is 0. The Labute approximate surface area is 70.8 Å². The summed E-state index contributed by atoms with van der Waals surface area (Å²) in [5.41, 5.74) is 0. The number of aliphatic hydroxyl groups excluding tert-OH is 1. The number of halogens is 2. The molecule has 0 spiro atoms. The molecule has 0 aromatic heterocycles. The third-order valence-corrected chi connectivity index (χ3v) is 2.31. The minimum absolute atomic E-state index is 0.112. The predicted molar refractivity (Wildman–Crippen MR) is 41.7 cm³/mol. The van der Waals surface area contributed by atoms with Crippen LogP contribution in [0.2, 0.25) is 0 Å². The third kappa shape index (κ3) is 2.18. The van der Waals surface area contributed by atoms with E-state index in [1.807, 2.05) is 0 Å². The Morgan fingerprint density at radius 2 is 2.33 bits per heavy atom. The second kappa shape index (κ2) is 3.40. The van der Waals surface area contributed by atoms with E-state index in [0.717, 1.165) is 0 Å². The lowest BCUT2D eigenvalue weighted by Gasteiger charge is -2.15. The van der Waals surface area contributed by atoms with Crippen LogP contribution in [0.4, 0.5) is 8.78 Å². The normalized spacial score (nSPS) is 29.7. The molecule has 1 aliphatic carbocycles. The molecule has 0 aliphatic heterocycles. The lowest BCUT2D eigenvalue weighted by atomic mass is 9.98. The highest BCUT2D eigenvalue weighted by molar-refractivity contribution is 4.93. The van der Waals surface area contributed by atoms with Crippen LogP contribution in [0.1, 0.15) is 25.7 Å². The second-order valence-electron chi connectivity index (χ2n) is 3.33. The summed E-state index contributed by atoms with van der Waals surface area (Å²) >= 11 is 0. The fraction of sp³-hybridized carbons (Fsp3) is 0.778. The van der Waals surface area contributed by atoms with Gasteiger partial charge in [-0.3, -0.25) is 0 Å². The molecule has 68 valence electrons. The van der Waals surface area contributed by atoms with Gasteiger partial charge >= 0.3 is 0 Å². The van der Waals surface area contributed by atoms with Gasteiger partial charge in [0, 0.05) is 19.3 Å². The molecule has 0 heterocycles. The Kier molecular flexibility index (Phi) is 2.69. The van der Waals surface area contributed by atoms with Crippen LogP contribution >= 0.6 is 0 Å². The van der Waals surface area contributed by atoms with Crippen molar-refractivity contribution < 1.29 is 13.9 Å². The van der Waals surface area contributed by atoms with Crippen molar-refractivity contribution in [2.75, 3.05) is 0 Å². The first-order chi connectivity index (χ1) is 5.55. The summed E-state index contributed by atoms with van der Waals surface area (Å²) in [5.74, 6) is -0.615. The van der Waals surface area contributed by atoms with Crippen molar-refractivity contribution in [1.82, 2.24) is 0 Å². The molecule has 2 unspecified atom stereocenters. The van der Waals surface area contributed by atoms with E-state index in [1.165, 1.54) is 0 Å². The molecule has 0 bridgehead atoms. The lowest BCUT2D eigenvalue weighted by molar-refractivity contribution is -0.00435. The molecule has 3 heteroatoms. The molecule has 1 rings (SSSR count). The Morgan fingerprint density at radius 1 is 1.67 bits per heavy atom. The minimum atomic E-state index is -2.58. The maximum Gasteiger partial charge on any atom is 0.248 e. The smallest absolute Gasteiger partial charge is 0.248 e. The molecule has 0 amide bonds. The number of aliphatic hydroxyl groups is 1. The first kappa shape index (κ1) is 9.47. The van der Waals surface area contributed by atoms with Gasteiger partial charge in [0.2, 0.25) is 5.92 Å². The summed E-state index contributed by atoms with van der Waals surface area (Å²) < 4.78 is 25.3. The van der Waals surface area contributed by atoms with Crippen LogP contribution in [0.3, 0.4) is 0 Å². The molecule has 1 aliphatic rings. The van der Waals surface area contributed by atoms with E-state index in [9.17, 15) is 13.9 Å². The van der Waals surface area contributed by atoms with Crippen molar-refractivity contribution in [3.8, 4) is 12.3 Å². The summed E-state index contributed by atoms with van der Waals surface area (Å²) in [6.07, 6.45) is 4.46. The quantitative estimate of drug-likeness (QED) is 0.633. The van der Waals surface area contributed by atoms with Crippen LogP contribution in [0.15, 0.2) is 0 Å². The van der Waals surface area contributed by atoms with Crippen molar-refractivity contribution in [3.05, 3.63) is 0 Å². The van der Waals surface area contributed by atoms with Crippen molar-refractivity contribution in [2.24, 2.45) is 5.92 Å². The predicted octanol–water partition coefficient (Wildman–Crippen LogP) is 1.81. The second-order valence-corrected chi connectivity index (χ2v) is 3.33. The van der Waals surface area contributed by atoms with Gasteiger partial charge in [-0.25, -0.2) is 8.78 Å². The molecule has 1 N–H and O–H groups in total. The molecule has 0 aromatic rings. The molecule has 12 heavy (non-hydrogen) atoms. The highest BCUT2D eigenvalue weighted by atomic mass is 19.3. The largest absolute Gasteiger partial charge is 0.392 e. The van der Waals surface area contributed by atoms with Crippen molar-refractivity contribution in [3.63, 3.8) is 0 Å². The summed E-state index contributed by atoms with van der Waals surface area (Å²) in [4.78, 5) is 0. The zero-order valence-electron chi connectivity index (χ0n) is 6.76. The fourth-order valence-electron chi connectivity index (χ4n) is 1.60. The minimum Gasteiger partial charge on any atom is -0.392 e. The van der Waals surface area contributed by atoms with Crippen LogP contribution < -0.4 is 0 Å². The number of hydrogen-bond acceptors (Lipinski definition) is 1. The van der Waals surface area contributed by atoms with Crippen LogP contribution in [0.5, 0.6) is 0 Å². The van der Waals surface area contributed by atoms with Crippen molar-refractivity contribution >= 4 is 0 Å².